The number of aromatic nitrogens is 2. The average Bonchev–Trinajstić information content (AvgIpc) is 3.07. The van der Waals surface area contributed by atoms with Crippen molar-refractivity contribution in [2.75, 3.05) is 11.4 Å². The second-order valence-corrected chi connectivity index (χ2v) is 5.14. The van der Waals surface area contributed by atoms with Gasteiger partial charge in [0.2, 0.25) is 0 Å². The second kappa shape index (κ2) is 5.36. The predicted octanol–water partition coefficient (Wildman–Crippen LogP) is 2.04. The number of nitrogens with zero attached hydrogens (tertiary/aromatic N) is 3. The van der Waals surface area contributed by atoms with Gasteiger partial charge in [-0.15, -0.1) is 0 Å². The zero-order chi connectivity index (χ0) is 13.9. The van der Waals surface area contributed by atoms with Crippen molar-refractivity contribution >= 4 is 11.7 Å². The zero-order valence-electron chi connectivity index (χ0n) is 11.5. The number of benzene rings is 1. The van der Waals surface area contributed by atoms with Crippen LogP contribution in [0.4, 0.5) is 10.5 Å². The van der Waals surface area contributed by atoms with Gasteiger partial charge in [-0.3, -0.25) is 4.90 Å². The Morgan fingerprint density at radius 3 is 3.10 bits per heavy atom. The Hall–Kier alpha value is -2.30. The molecule has 0 fully saturated rings. The van der Waals surface area contributed by atoms with E-state index in [1.165, 1.54) is 5.56 Å². The SMILES string of the molecule is C[C@H](Cn1ccnc1)NC(=O)N1CCc2ccccc21. The number of anilines is 1. The molecule has 5 heteroatoms. The predicted molar refractivity (Wildman–Crippen MR) is 77.7 cm³/mol. The van der Waals surface area contributed by atoms with Gasteiger partial charge in [0.1, 0.15) is 0 Å². The fourth-order valence-corrected chi connectivity index (χ4v) is 2.59. The van der Waals surface area contributed by atoms with Crippen molar-refractivity contribution in [2.45, 2.75) is 25.9 Å². The molecule has 1 atom stereocenters. The van der Waals surface area contributed by atoms with Gasteiger partial charge < -0.3 is 9.88 Å². The molecule has 20 heavy (non-hydrogen) atoms. The molecule has 0 spiro atoms. The molecule has 5 nitrogen and oxygen atoms in total. The third kappa shape index (κ3) is 2.52. The first-order valence-corrected chi connectivity index (χ1v) is 6.86. The fourth-order valence-electron chi connectivity index (χ4n) is 2.59. The van der Waals surface area contributed by atoms with Crippen LogP contribution >= 0.6 is 0 Å². The van der Waals surface area contributed by atoms with E-state index in [1.807, 2.05) is 40.8 Å². The highest BCUT2D eigenvalue weighted by atomic mass is 16.2. The Morgan fingerprint density at radius 1 is 1.45 bits per heavy atom. The number of hydrogen-bond donors (Lipinski definition) is 1. The molecule has 1 aromatic heterocycles. The van der Waals surface area contributed by atoms with E-state index in [4.69, 9.17) is 0 Å². The highest BCUT2D eigenvalue weighted by Crippen LogP contribution is 2.27. The quantitative estimate of drug-likeness (QED) is 0.928. The van der Waals surface area contributed by atoms with Gasteiger partial charge in [0.25, 0.3) is 0 Å². The highest BCUT2D eigenvalue weighted by Gasteiger charge is 2.24. The Bertz CT molecular complexity index is 594. The number of hydrogen-bond acceptors (Lipinski definition) is 2. The maximum atomic E-state index is 12.3. The van der Waals surface area contributed by atoms with E-state index < -0.39 is 0 Å². The Balaban J connectivity index is 1.63. The number of fused-ring (bicyclic) bond motifs is 1. The zero-order valence-corrected chi connectivity index (χ0v) is 11.5. The monoisotopic (exact) mass is 270 g/mol. The molecule has 0 saturated heterocycles. The molecule has 1 aliphatic heterocycles. The van der Waals surface area contributed by atoms with E-state index in [0.717, 1.165) is 25.2 Å². The molecule has 0 aliphatic carbocycles. The van der Waals surface area contributed by atoms with Gasteiger partial charge in [0.05, 0.1) is 6.33 Å². The van der Waals surface area contributed by atoms with Crippen molar-refractivity contribution in [2.24, 2.45) is 0 Å². The van der Waals surface area contributed by atoms with Crippen LogP contribution in [0.3, 0.4) is 0 Å². The largest absolute Gasteiger partial charge is 0.335 e. The standard InChI is InChI=1S/C15H18N4O/c1-12(10-18-9-7-16-11-18)17-15(20)19-8-6-13-4-2-3-5-14(13)19/h2-5,7,9,11-12H,6,8,10H2,1H3,(H,17,20)/t12-/m1/s1. The van der Waals surface area contributed by atoms with Crippen molar-refractivity contribution in [3.05, 3.63) is 48.5 Å². The number of urea groups is 1. The number of carbonyl (C=O) groups excluding carboxylic acids is 1. The summed E-state index contributed by atoms with van der Waals surface area (Å²) in [5.41, 5.74) is 2.27. The van der Waals surface area contributed by atoms with Crippen LogP contribution < -0.4 is 10.2 Å². The van der Waals surface area contributed by atoms with Crippen molar-refractivity contribution < 1.29 is 4.79 Å². The van der Waals surface area contributed by atoms with Crippen LogP contribution in [0, 0.1) is 0 Å². The van der Waals surface area contributed by atoms with Crippen molar-refractivity contribution in [1.82, 2.24) is 14.9 Å². The third-order valence-corrected chi connectivity index (χ3v) is 3.55. The van der Waals surface area contributed by atoms with Crippen LogP contribution in [0.5, 0.6) is 0 Å². The lowest BCUT2D eigenvalue weighted by molar-refractivity contribution is 0.242. The Labute approximate surface area is 118 Å². The van der Waals surface area contributed by atoms with E-state index >= 15 is 0 Å². The van der Waals surface area contributed by atoms with Gasteiger partial charge in [0, 0.05) is 37.2 Å². The first-order valence-electron chi connectivity index (χ1n) is 6.86. The van der Waals surface area contributed by atoms with Crippen LogP contribution in [0.2, 0.25) is 0 Å². The second-order valence-electron chi connectivity index (χ2n) is 5.14. The van der Waals surface area contributed by atoms with Crippen molar-refractivity contribution in [3.8, 4) is 0 Å². The number of nitrogens with one attached hydrogen (secondary N) is 1. The summed E-state index contributed by atoms with van der Waals surface area (Å²) in [4.78, 5) is 18.2. The molecule has 0 bridgehead atoms. The van der Waals surface area contributed by atoms with Gasteiger partial charge in [-0.25, -0.2) is 9.78 Å². The first kappa shape index (κ1) is 12.7. The molecular weight excluding hydrogens is 252 g/mol. The topological polar surface area (TPSA) is 50.2 Å². The van der Waals surface area contributed by atoms with E-state index in [0.29, 0.717) is 0 Å². The minimum absolute atomic E-state index is 0.0254. The summed E-state index contributed by atoms with van der Waals surface area (Å²) in [5.74, 6) is 0. The lowest BCUT2D eigenvalue weighted by Gasteiger charge is -2.21. The molecule has 0 saturated carbocycles. The molecule has 0 unspecified atom stereocenters. The average molecular weight is 270 g/mol. The van der Waals surface area contributed by atoms with E-state index in [-0.39, 0.29) is 12.1 Å². The van der Waals surface area contributed by atoms with Gasteiger partial charge in [-0.05, 0) is 25.0 Å². The minimum atomic E-state index is -0.0254. The summed E-state index contributed by atoms with van der Waals surface area (Å²) in [6, 6.07) is 8.10. The summed E-state index contributed by atoms with van der Waals surface area (Å²) < 4.78 is 1.96. The number of rotatable bonds is 3. The summed E-state index contributed by atoms with van der Waals surface area (Å²) in [7, 11) is 0. The first-order chi connectivity index (χ1) is 9.74. The fraction of sp³-hybridized carbons (Fsp3) is 0.333. The van der Waals surface area contributed by atoms with Crippen LogP contribution in [0.25, 0.3) is 0 Å². The van der Waals surface area contributed by atoms with Gasteiger partial charge in [0.15, 0.2) is 0 Å². The maximum absolute atomic E-state index is 12.3. The molecule has 2 amide bonds. The van der Waals surface area contributed by atoms with Crippen molar-refractivity contribution in [3.63, 3.8) is 0 Å². The Kier molecular flexibility index (Phi) is 3.41. The van der Waals surface area contributed by atoms with Gasteiger partial charge in [-0.2, -0.15) is 0 Å². The summed E-state index contributed by atoms with van der Waals surface area (Å²) in [5, 5.41) is 3.04. The summed E-state index contributed by atoms with van der Waals surface area (Å²) in [6.07, 6.45) is 6.33. The Morgan fingerprint density at radius 2 is 2.30 bits per heavy atom. The van der Waals surface area contributed by atoms with E-state index in [2.05, 4.69) is 16.4 Å². The van der Waals surface area contributed by atoms with E-state index in [1.54, 1.807) is 12.5 Å². The van der Waals surface area contributed by atoms with Crippen LogP contribution in [0.15, 0.2) is 43.0 Å². The van der Waals surface area contributed by atoms with Crippen LogP contribution in [0.1, 0.15) is 12.5 Å². The number of imidazole rings is 1. The molecule has 1 aromatic carbocycles. The lowest BCUT2D eigenvalue weighted by Crippen LogP contribution is -2.44. The normalized spacial score (nSPS) is 14.9. The minimum Gasteiger partial charge on any atom is -0.335 e. The number of para-hydroxylation sites is 1. The third-order valence-electron chi connectivity index (χ3n) is 3.55. The molecule has 1 aliphatic rings. The number of amides is 2. The summed E-state index contributed by atoms with van der Waals surface area (Å²) in [6.45, 7) is 3.48. The van der Waals surface area contributed by atoms with Crippen molar-refractivity contribution in [1.29, 1.82) is 0 Å². The molecule has 1 N–H and O–H groups in total. The molecular formula is C15H18N4O. The molecule has 2 heterocycles. The van der Waals surface area contributed by atoms with E-state index in [9.17, 15) is 4.79 Å². The molecule has 0 radical (unpaired) electrons. The summed E-state index contributed by atoms with van der Waals surface area (Å²) >= 11 is 0. The number of carbonyl (C=O) groups is 1. The van der Waals surface area contributed by atoms with Crippen LogP contribution in [-0.4, -0.2) is 28.2 Å². The van der Waals surface area contributed by atoms with Gasteiger partial charge >= 0.3 is 6.03 Å². The molecule has 3 rings (SSSR count). The highest BCUT2D eigenvalue weighted by molar-refractivity contribution is 5.94. The maximum Gasteiger partial charge on any atom is 0.322 e. The van der Waals surface area contributed by atoms with Crippen LogP contribution in [-0.2, 0) is 13.0 Å². The molecule has 104 valence electrons. The smallest absolute Gasteiger partial charge is 0.322 e. The molecule has 2 aromatic rings. The van der Waals surface area contributed by atoms with Gasteiger partial charge in [-0.1, -0.05) is 18.2 Å². The lowest BCUT2D eigenvalue weighted by atomic mass is 10.2.